The molecule has 2 fully saturated rings. The molecule has 3 heteroatoms. The van der Waals surface area contributed by atoms with Crippen molar-refractivity contribution in [1.29, 1.82) is 0 Å². The lowest BCUT2D eigenvalue weighted by Gasteiger charge is -2.35. The molecule has 17 heavy (non-hydrogen) atoms. The quantitative estimate of drug-likeness (QED) is 0.714. The van der Waals surface area contributed by atoms with Crippen molar-refractivity contribution in [2.75, 3.05) is 13.1 Å². The predicted octanol–water partition coefficient (Wildman–Crippen LogP) is 3.59. The number of piperidine rings is 1. The van der Waals surface area contributed by atoms with E-state index in [2.05, 4.69) is 27.8 Å². The zero-order valence-electron chi connectivity index (χ0n) is 10.8. The normalized spacial score (nSPS) is 31.5. The number of carbonyl (C=O) groups excluding carboxylic acids is 1. The second kappa shape index (κ2) is 6.21. The highest BCUT2D eigenvalue weighted by atomic mass is 79.9. The Hall–Kier alpha value is -0.0500. The van der Waals surface area contributed by atoms with Crippen molar-refractivity contribution in [3.05, 3.63) is 0 Å². The molecule has 1 saturated heterocycles. The summed E-state index contributed by atoms with van der Waals surface area (Å²) in [4.78, 5) is 14.9. The monoisotopic (exact) mass is 301 g/mol. The maximum Gasteiger partial charge on any atom is 0.222 e. The van der Waals surface area contributed by atoms with Gasteiger partial charge in [-0.1, -0.05) is 42.1 Å². The van der Waals surface area contributed by atoms with Crippen molar-refractivity contribution >= 4 is 21.8 Å². The number of rotatable bonds is 2. The van der Waals surface area contributed by atoms with Gasteiger partial charge in [-0.05, 0) is 31.1 Å². The fourth-order valence-electron chi connectivity index (χ4n) is 3.11. The first-order chi connectivity index (χ1) is 8.16. The number of halogens is 1. The number of amides is 1. The number of hydrogen-bond donors (Lipinski definition) is 0. The number of hydrogen-bond acceptors (Lipinski definition) is 1. The van der Waals surface area contributed by atoms with Crippen molar-refractivity contribution in [1.82, 2.24) is 4.90 Å². The second-order valence-corrected chi connectivity index (χ2v) is 7.01. The summed E-state index contributed by atoms with van der Waals surface area (Å²) in [6.07, 6.45) is 8.50. The zero-order chi connectivity index (χ0) is 12.3. The van der Waals surface area contributed by atoms with Crippen LogP contribution in [0.5, 0.6) is 0 Å². The van der Waals surface area contributed by atoms with E-state index in [1.165, 1.54) is 32.1 Å². The summed E-state index contributed by atoms with van der Waals surface area (Å²) < 4.78 is 0. The van der Waals surface area contributed by atoms with E-state index in [1.54, 1.807) is 0 Å². The van der Waals surface area contributed by atoms with Gasteiger partial charge in [0.1, 0.15) is 0 Å². The first kappa shape index (κ1) is 13.4. The average Bonchev–Trinajstić information content (AvgIpc) is 2.34. The molecule has 0 spiro atoms. The largest absolute Gasteiger partial charge is 0.342 e. The molecular formula is C14H24BrNO. The van der Waals surface area contributed by atoms with Crippen molar-refractivity contribution in [2.24, 2.45) is 11.8 Å². The Bertz CT molecular complexity index is 263. The van der Waals surface area contributed by atoms with E-state index in [0.29, 0.717) is 22.6 Å². The summed E-state index contributed by atoms with van der Waals surface area (Å²) in [5.74, 6) is 1.68. The smallest absolute Gasteiger partial charge is 0.222 e. The average molecular weight is 302 g/mol. The van der Waals surface area contributed by atoms with Gasteiger partial charge < -0.3 is 4.90 Å². The molecule has 1 amide bonds. The first-order valence-electron chi connectivity index (χ1n) is 7.08. The van der Waals surface area contributed by atoms with E-state index in [1.807, 2.05) is 0 Å². The summed E-state index contributed by atoms with van der Waals surface area (Å²) in [7, 11) is 0. The number of alkyl halides is 1. The molecule has 0 aromatic heterocycles. The Morgan fingerprint density at radius 2 is 1.94 bits per heavy atom. The van der Waals surface area contributed by atoms with Crippen molar-refractivity contribution in [3.63, 3.8) is 0 Å². The van der Waals surface area contributed by atoms with Gasteiger partial charge in [-0.15, -0.1) is 0 Å². The fourth-order valence-corrected chi connectivity index (χ4v) is 3.48. The molecular weight excluding hydrogens is 278 g/mol. The van der Waals surface area contributed by atoms with Crippen LogP contribution in [0.1, 0.15) is 51.9 Å². The van der Waals surface area contributed by atoms with Crippen LogP contribution < -0.4 is 0 Å². The summed E-state index contributed by atoms with van der Waals surface area (Å²) in [5.41, 5.74) is 0. The molecule has 2 unspecified atom stereocenters. The summed E-state index contributed by atoms with van der Waals surface area (Å²) in [6, 6.07) is 0. The highest BCUT2D eigenvalue weighted by Gasteiger charge is 2.28. The molecule has 1 aliphatic heterocycles. The van der Waals surface area contributed by atoms with Crippen LogP contribution >= 0.6 is 15.9 Å². The molecule has 0 aromatic rings. The van der Waals surface area contributed by atoms with E-state index < -0.39 is 0 Å². The minimum Gasteiger partial charge on any atom is -0.342 e. The van der Waals surface area contributed by atoms with Crippen molar-refractivity contribution in [2.45, 2.75) is 56.7 Å². The molecule has 2 aliphatic rings. The van der Waals surface area contributed by atoms with Crippen LogP contribution in [0.3, 0.4) is 0 Å². The van der Waals surface area contributed by atoms with Gasteiger partial charge in [0.05, 0.1) is 0 Å². The van der Waals surface area contributed by atoms with E-state index in [0.717, 1.165) is 25.9 Å². The lowest BCUT2D eigenvalue weighted by Crippen LogP contribution is -2.43. The minimum absolute atomic E-state index is 0.406. The third-order valence-corrected chi connectivity index (χ3v) is 5.70. The van der Waals surface area contributed by atoms with Crippen LogP contribution in [0.4, 0.5) is 0 Å². The molecule has 2 rings (SSSR count). The Morgan fingerprint density at radius 1 is 1.24 bits per heavy atom. The van der Waals surface area contributed by atoms with E-state index >= 15 is 0 Å². The van der Waals surface area contributed by atoms with Gasteiger partial charge in [-0.3, -0.25) is 4.79 Å². The molecule has 1 aliphatic carbocycles. The molecule has 2 nitrogen and oxygen atoms in total. The molecule has 98 valence electrons. The maximum atomic E-state index is 12.2. The van der Waals surface area contributed by atoms with Crippen LogP contribution in [0, 0.1) is 11.8 Å². The molecule has 0 aromatic carbocycles. The fraction of sp³-hybridized carbons (Fsp3) is 0.929. The summed E-state index contributed by atoms with van der Waals surface area (Å²) in [5, 5.41) is 0. The molecule has 0 N–H and O–H groups in total. The standard InChI is InChI=1S/C14H24BrNO/c1-11-10-16(8-7-13(11)15)14(17)9-12-5-3-2-4-6-12/h11-13H,2-10H2,1H3. The number of carbonyl (C=O) groups is 1. The molecule has 1 heterocycles. The van der Waals surface area contributed by atoms with E-state index in [9.17, 15) is 4.79 Å². The molecule has 2 atom stereocenters. The van der Waals surface area contributed by atoms with E-state index in [4.69, 9.17) is 0 Å². The van der Waals surface area contributed by atoms with Crippen LogP contribution in [0.2, 0.25) is 0 Å². The highest BCUT2D eigenvalue weighted by Crippen LogP contribution is 2.28. The Labute approximate surface area is 113 Å². The lowest BCUT2D eigenvalue weighted by molar-refractivity contribution is -0.134. The summed E-state index contributed by atoms with van der Waals surface area (Å²) in [6.45, 7) is 4.13. The van der Waals surface area contributed by atoms with E-state index in [-0.39, 0.29) is 0 Å². The Morgan fingerprint density at radius 3 is 2.59 bits per heavy atom. The number of likely N-dealkylation sites (tertiary alicyclic amines) is 1. The SMILES string of the molecule is CC1CN(C(=O)CC2CCCCC2)CCC1Br. The van der Waals surface area contributed by atoms with Gasteiger partial charge in [-0.2, -0.15) is 0 Å². The topological polar surface area (TPSA) is 20.3 Å². The molecule has 0 radical (unpaired) electrons. The van der Waals surface area contributed by atoms with Crippen LogP contribution in [-0.4, -0.2) is 28.7 Å². The Balaban J connectivity index is 1.79. The zero-order valence-corrected chi connectivity index (χ0v) is 12.4. The number of nitrogens with zero attached hydrogens (tertiary/aromatic N) is 1. The first-order valence-corrected chi connectivity index (χ1v) is 8.00. The van der Waals surface area contributed by atoms with Gasteiger partial charge >= 0.3 is 0 Å². The predicted molar refractivity (Wildman–Crippen MR) is 74.3 cm³/mol. The van der Waals surface area contributed by atoms with Crippen molar-refractivity contribution < 1.29 is 4.79 Å². The van der Waals surface area contributed by atoms with Crippen LogP contribution in [-0.2, 0) is 4.79 Å². The highest BCUT2D eigenvalue weighted by molar-refractivity contribution is 9.09. The third-order valence-electron chi connectivity index (χ3n) is 4.34. The lowest BCUT2D eigenvalue weighted by atomic mass is 9.86. The van der Waals surface area contributed by atoms with Crippen LogP contribution in [0.15, 0.2) is 0 Å². The van der Waals surface area contributed by atoms with Gasteiger partial charge in [0.15, 0.2) is 0 Å². The minimum atomic E-state index is 0.406. The Kier molecular flexibility index (Phi) is 4.89. The van der Waals surface area contributed by atoms with Gasteiger partial charge in [0.25, 0.3) is 0 Å². The summed E-state index contributed by atoms with van der Waals surface area (Å²) >= 11 is 3.69. The van der Waals surface area contributed by atoms with Gasteiger partial charge in [-0.25, -0.2) is 0 Å². The van der Waals surface area contributed by atoms with Crippen molar-refractivity contribution in [3.8, 4) is 0 Å². The van der Waals surface area contributed by atoms with Gasteiger partial charge in [0, 0.05) is 24.3 Å². The van der Waals surface area contributed by atoms with Crippen LogP contribution in [0.25, 0.3) is 0 Å². The molecule has 1 saturated carbocycles. The maximum absolute atomic E-state index is 12.2. The third kappa shape index (κ3) is 3.70. The van der Waals surface area contributed by atoms with Gasteiger partial charge in [0.2, 0.25) is 5.91 Å². The second-order valence-electron chi connectivity index (χ2n) is 5.83. The molecule has 0 bridgehead atoms.